The molecule has 1 atom stereocenters. The van der Waals surface area contributed by atoms with E-state index in [1.165, 1.54) is 0 Å². The lowest BCUT2D eigenvalue weighted by Gasteiger charge is -2.25. The smallest absolute Gasteiger partial charge is 0.352 e. The molecule has 0 fully saturated rings. The Bertz CT molecular complexity index is 913. The van der Waals surface area contributed by atoms with Gasteiger partial charge in [-0.2, -0.15) is 10.2 Å². The van der Waals surface area contributed by atoms with E-state index in [0.717, 1.165) is 37.2 Å². The molecule has 2 aromatic rings. The van der Waals surface area contributed by atoms with E-state index in [1.807, 2.05) is 24.3 Å². The van der Waals surface area contributed by atoms with E-state index in [1.54, 1.807) is 16.7 Å². The molecular weight excluding hydrogens is 340 g/mol. The van der Waals surface area contributed by atoms with Gasteiger partial charge in [0.2, 0.25) is 5.88 Å². The molecule has 0 saturated carbocycles. The summed E-state index contributed by atoms with van der Waals surface area (Å²) in [6, 6.07) is 11.5. The van der Waals surface area contributed by atoms with Crippen molar-refractivity contribution in [1.29, 1.82) is 5.26 Å². The number of ether oxygens (including phenoxy) is 1. The molecule has 6 nitrogen and oxygen atoms in total. The third-order valence-corrected chi connectivity index (χ3v) is 4.82. The number of hydrogen-bond acceptors (Lipinski definition) is 5. The van der Waals surface area contributed by atoms with Gasteiger partial charge in [-0.05, 0) is 37.0 Å². The van der Waals surface area contributed by atoms with Gasteiger partial charge >= 0.3 is 5.69 Å². The van der Waals surface area contributed by atoms with Crippen molar-refractivity contribution in [2.24, 2.45) is 0 Å². The molecule has 0 aliphatic carbocycles. The van der Waals surface area contributed by atoms with Crippen LogP contribution in [0.4, 0.5) is 5.82 Å². The molecule has 0 saturated heterocycles. The van der Waals surface area contributed by atoms with E-state index < -0.39 is 0 Å². The largest absolute Gasteiger partial charge is 0.473 e. The number of nitrogens with zero attached hydrogens (tertiary/aromatic N) is 4. The van der Waals surface area contributed by atoms with Gasteiger partial charge in [-0.25, -0.2) is 4.79 Å². The van der Waals surface area contributed by atoms with Crippen molar-refractivity contribution in [3.63, 3.8) is 0 Å². The Morgan fingerprint density at radius 2 is 2.30 bits per heavy atom. The Morgan fingerprint density at radius 1 is 1.44 bits per heavy atom. The lowest BCUT2D eigenvalue weighted by Crippen LogP contribution is -2.32. The minimum Gasteiger partial charge on any atom is -0.473 e. The highest BCUT2D eigenvalue weighted by molar-refractivity contribution is 5.47. The molecule has 1 aliphatic heterocycles. The van der Waals surface area contributed by atoms with Crippen LogP contribution in [0.25, 0.3) is 0 Å². The number of fused-ring (bicyclic) bond motifs is 1. The summed E-state index contributed by atoms with van der Waals surface area (Å²) >= 11 is 0. The predicted molar refractivity (Wildman–Crippen MR) is 105 cm³/mol. The topological polar surface area (TPSA) is 71.2 Å². The van der Waals surface area contributed by atoms with Crippen LogP contribution in [0.15, 0.2) is 47.8 Å². The van der Waals surface area contributed by atoms with E-state index in [2.05, 4.69) is 29.5 Å². The number of hydrogen-bond donors (Lipinski definition) is 0. The zero-order valence-electron chi connectivity index (χ0n) is 15.6. The Kier molecular flexibility index (Phi) is 5.92. The van der Waals surface area contributed by atoms with Crippen LogP contribution in [0, 0.1) is 11.3 Å². The van der Waals surface area contributed by atoms with Gasteiger partial charge in [-0.15, -0.1) is 6.58 Å². The van der Waals surface area contributed by atoms with Crippen molar-refractivity contribution in [3.05, 3.63) is 64.6 Å². The fourth-order valence-corrected chi connectivity index (χ4v) is 3.39. The van der Waals surface area contributed by atoms with Gasteiger partial charge in [0.25, 0.3) is 0 Å². The maximum Gasteiger partial charge on any atom is 0.352 e. The highest BCUT2D eigenvalue weighted by atomic mass is 16.5. The number of nitriles is 1. The van der Waals surface area contributed by atoms with Gasteiger partial charge in [-0.1, -0.05) is 25.1 Å². The second-order valence-electron chi connectivity index (χ2n) is 6.63. The SMILES string of the molecule is C=CCCCN1c2cc(OCc3cccc(C#N)c3)nc(=O)n2CC1CC. The Balaban J connectivity index is 1.80. The number of aromatic nitrogens is 2. The average Bonchev–Trinajstić information content (AvgIpc) is 3.05. The molecule has 0 bridgehead atoms. The number of benzene rings is 1. The molecule has 0 N–H and O–H groups in total. The van der Waals surface area contributed by atoms with Crippen LogP contribution in [-0.2, 0) is 13.2 Å². The first kappa shape index (κ1) is 18.7. The average molecular weight is 364 g/mol. The summed E-state index contributed by atoms with van der Waals surface area (Å²) in [5.74, 6) is 1.19. The summed E-state index contributed by atoms with van der Waals surface area (Å²) in [5.41, 5.74) is 1.17. The Hall–Kier alpha value is -3.07. The number of unbranched alkanes of at least 4 members (excludes halogenated alkanes) is 1. The fraction of sp³-hybridized carbons (Fsp3) is 0.381. The first-order chi connectivity index (χ1) is 13.2. The second-order valence-corrected chi connectivity index (χ2v) is 6.63. The monoisotopic (exact) mass is 364 g/mol. The lowest BCUT2D eigenvalue weighted by molar-refractivity contribution is 0.291. The van der Waals surface area contributed by atoms with Gasteiger partial charge in [-0.3, -0.25) is 4.57 Å². The maximum atomic E-state index is 12.5. The first-order valence-electron chi connectivity index (χ1n) is 9.27. The van der Waals surface area contributed by atoms with Crippen LogP contribution in [-0.4, -0.2) is 22.1 Å². The minimum absolute atomic E-state index is 0.263. The molecule has 2 heterocycles. The van der Waals surface area contributed by atoms with Gasteiger partial charge in [0.05, 0.1) is 11.6 Å². The van der Waals surface area contributed by atoms with Gasteiger partial charge in [0.1, 0.15) is 12.4 Å². The molecule has 0 spiro atoms. The normalized spacial score (nSPS) is 15.3. The van der Waals surface area contributed by atoms with E-state index in [0.29, 0.717) is 24.0 Å². The highest BCUT2D eigenvalue weighted by Crippen LogP contribution is 2.28. The summed E-state index contributed by atoms with van der Waals surface area (Å²) in [7, 11) is 0. The quantitative estimate of drug-likeness (QED) is 0.531. The summed E-state index contributed by atoms with van der Waals surface area (Å²) in [5, 5.41) is 9.00. The van der Waals surface area contributed by atoms with Gasteiger partial charge in [0.15, 0.2) is 0 Å². The van der Waals surface area contributed by atoms with Crippen molar-refractivity contribution in [2.75, 3.05) is 11.4 Å². The van der Waals surface area contributed by atoms with Crippen LogP contribution < -0.4 is 15.3 Å². The summed E-state index contributed by atoms with van der Waals surface area (Å²) in [4.78, 5) is 18.8. The number of anilines is 1. The molecule has 6 heteroatoms. The number of rotatable bonds is 8. The van der Waals surface area contributed by atoms with Gasteiger partial charge < -0.3 is 9.64 Å². The van der Waals surface area contributed by atoms with E-state index in [4.69, 9.17) is 10.00 Å². The highest BCUT2D eigenvalue weighted by Gasteiger charge is 2.29. The fourth-order valence-electron chi connectivity index (χ4n) is 3.39. The van der Waals surface area contributed by atoms with Crippen molar-refractivity contribution < 1.29 is 4.74 Å². The predicted octanol–water partition coefficient (Wildman–Crippen LogP) is 3.26. The molecule has 1 aromatic heterocycles. The molecule has 0 radical (unpaired) electrons. The molecule has 1 aromatic carbocycles. The van der Waals surface area contributed by atoms with E-state index >= 15 is 0 Å². The molecule has 140 valence electrons. The Morgan fingerprint density at radius 3 is 3.04 bits per heavy atom. The second kappa shape index (κ2) is 8.54. The van der Waals surface area contributed by atoms with E-state index in [9.17, 15) is 4.79 Å². The van der Waals surface area contributed by atoms with E-state index in [-0.39, 0.29) is 12.3 Å². The van der Waals surface area contributed by atoms with Crippen molar-refractivity contribution >= 4 is 5.82 Å². The molecule has 27 heavy (non-hydrogen) atoms. The van der Waals surface area contributed by atoms with Crippen LogP contribution in [0.5, 0.6) is 5.88 Å². The molecule has 3 rings (SSSR count). The zero-order chi connectivity index (χ0) is 19.2. The van der Waals surface area contributed by atoms with Crippen molar-refractivity contribution in [2.45, 2.75) is 45.4 Å². The van der Waals surface area contributed by atoms with Crippen molar-refractivity contribution in [3.8, 4) is 11.9 Å². The summed E-state index contributed by atoms with van der Waals surface area (Å²) in [6.07, 6.45) is 4.82. The zero-order valence-corrected chi connectivity index (χ0v) is 15.6. The molecular formula is C21H24N4O2. The molecule has 1 unspecified atom stereocenters. The molecule has 0 amide bonds. The lowest BCUT2D eigenvalue weighted by atomic mass is 10.1. The van der Waals surface area contributed by atoms with Crippen LogP contribution in [0.3, 0.4) is 0 Å². The number of allylic oxidation sites excluding steroid dienone is 1. The van der Waals surface area contributed by atoms with Crippen LogP contribution in [0.2, 0.25) is 0 Å². The van der Waals surface area contributed by atoms with Crippen LogP contribution >= 0.6 is 0 Å². The van der Waals surface area contributed by atoms with Crippen molar-refractivity contribution in [1.82, 2.24) is 9.55 Å². The summed E-state index contributed by atoms with van der Waals surface area (Å²) < 4.78 is 7.49. The van der Waals surface area contributed by atoms with Gasteiger partial charge in [0, 0.05) is 25.2 Å². The standard InChI is InChI=1S/C21H24N4O2/c1-3-5-6-10-24-18(4-2)14-25-20(24)12-19(23-21(25)26)27-15-17-9-7-8-16(11-17)13-22/h3,7-9,11-12,18H,1,4-6,10,14-15H2,2H3. The summed E-state index contributed by atoms with van der Waals surface area (Å²) in [6.45, 7) is 7.71. The Labute approximate surface area is 159 Å². The first-order valence-corrected chi connectivity index (χ1v) is 9.27. The third kappa shape index (κ3) is 4.20. The minimum atomic E-state index is -0.280. The third-order valence-electron chi connectivity index (χ3n) is 4.82. The van der Waals surface area contributed by atoms with Crippen LogP contribution in [0.1, 0.15) is 37.3 Å². The molecule has 1 aliphatic rings. The maximum absolute atomic E-state index is 12.5.